The molecule has 2 aromatic rings. The molecule has 1 atom stereocenters. The van der Waals surface area contributed by atoms with Crippen LogP contribution in [0.25, 0.3) is 0 Å². The molecule has 18 heavy (non-hydrogen) atoms. The Morgan fingerprint density at radius 2 is 1.89 bits per heavy atom. The summed E-state index contributed by atoms with van der Waals surface area (Å²) in [5.74, 6) is 0.755. The summed E-state index contributed by atoms with van der Waals surface area (Å²) in [6.07, 6.45) is 0. The van der Waals surface area contributed by atoms with E-state index in [0.29, 0.717) is 5.02 Å². The summed E-state index contributed by atoms with van der Waals surface area (Å²) in [7, 11) is 1.63. The maximum absolute atomic E-state index is 6.28. The fourth-order valence-corrected chi connectivity index (χ4v) is 2.48. The number of hydrogen-bond donors (Lipinski definition) is 1. The third-order valence-electron chi connectivity index (χ3n) is 2.77. The third-order valence-corrected chi connectivity index (χ3v) is 3.60. The van der Waals surface area contributed by atoms with E-state index >= 15 is 0 Å². The highest BCUT2D eigenvalue weighted by Crippen LogP contribution is 2.33. The van der Waals surface area contributed by atoms with Gasteiger partial charge in [-0.25, -0.2) is 0 Å². The normalized spacial score (nSPS) is 12.2. The van der Waals surface area contributed by atoms with Crippen molar-refractivity contribution in [1.82, 2.24) is 0 Å². The van der Waals surface area contributed by atoms with Crippen LogP contribution < -0.4 is 10.5 Å². The molecule has 0 amide bonds. The van der Waals surface area contributed by atoms with E-state index in [4.69, 9.17) is 22.1 Å². The number of nitrogens with two attached hydrogens (primary N) is 1. The number of methoxy groups -OCH3 is 1. The molecule has 0 spiro atoms. The molecule has 0 saturated heterocycles. The molecule has 0 bridgehead atoms. The molecule has 0 radical (unpaired) electrons. The molecule has 0 fully saturated rings. The Bertz CT molecular complexity index is 559. The molecule has 2 aromatic carbocycles. The number of halogens is 2. The number of rotatable bonds is 3. The van der Waals surface area contributed by atoms with Crippen LogP contribution in [0, 0.1) is 0 Å². The highest BCUT2D eigenvalue weighted by Gasteiger charge is 2.16. The van der Waals surface area contributed by atoms with Gasteiger partial charge in [0, 0.05) is 15.1 Å². The van der Waals surface area contributed by atoms with Gasteiger partial charge in [-0.3, -0.25) is 0 Å². The minimum absolute atomic E-state index is 0.314. The van der Waals surface area contributed by atoms with E-state index in [2.05, 4.69) is 15.9 Å². The second kappa shape index (κ2) is 5.74. The average Bonchev–Trinajstić information content (AvgIpc) is 2.38. The van der Waals surface area contributed by atoms with Crippen molar-refractivity contribution in [2.24, 2.45) is 5.73 Å². The molecule has 0 aliphatic carbocycles. The van der Waals surface area contributed by atoms with Crippen LogP contribution in [0.5, 0.6) is 5.75 Å². The highest BCUT2D eigenvalue weighted by molar-refractivity contribution is 9.10. The predicted molar refractivity (Wildman–Crippen MR) is 78.2 cm³/mol. The van der Waals surface area contributed by atoms with Crippen LogP contribution in [0.3, 0.4) is 0 Å². The molecule has 94 valence electrons. The molecule has 0 aliphatic heterocycles. The van der Waals surface area contributed by atoms with Gasteiger partial charge in [0.05, 0.1) is 13.2 Å². The molecule has 2 rings (SSSR count). The summed E-state index contributed by atoms with van der Waals surface area (Å²) in [4.78, 5) is 0. The van der Waals surface area contributed by atoms with Crippen LogP contribution in [0.2, 0.25) is 5.02 Å². The highest BCUT2D eigenvalue weighted by atomic mass is 79.9. The molecule has 2 N–H and O–H groups in total. The van der Waals surface area contributed by atoms with E-state index in [-0.39, 0.29) is 6.04 Å². The zero-order chi connectivity index (χ0) is 13.1. The lowest BCUT2D eigenvalue weighted by atomic mass is 9.99. The smallest absolute Gasteiger partial charge is 0.124 e. The van der Waals surface area contributed by atoms with E-state index in [1.807, 2.05) is 42.5 Å². The second-order valence-corrected chi connectivity index (χ2v) is 5.21. The van der Waals surface area contributed by atoms with Crippen molar-refractivity contribution in [3.05, 3.63) is 63.1 Å². The quantitative estimate of drug-likeness (QED) is 0.919. The Balaban J connectivity index is 2.48. The number of hydrogen-bond acceptors (Lipinski definition) is 2. The monoisotopic (exact) mass is 325 g/mol. The van der Waals surface area contributed by atoms with Crippen molar-refractivity contribution in [2.45, 2.75) is 6.04 Å². The number of ether oxygens (including phenoxy) is 1. The van der Waals surface area contributed by atoms with Gasteiger partial charge in [-0.2, -0.15) is 0 Å². The fraction of sp³-hybridized carbons (Fsp3) is 0.143. The summed E-state index contributed by atoms with van der Waals surface area (Å²) in [6, 6.07) is 13.0. The first-order valence-corrected chi connectivity index (χ1v) is 6.64. The van der Waals surface area contributed by atoms with Gasteiger partial charge in [-0.05, 0) is 29.8 Å². The lowest BCUT2D eigenvalue weighted by Gasteiger charge is -2.17. The third kappa shape index (κ3) is 2.69. The van der Waals surface area contributed by atoms with Crippen molar-refractivity contribution in [3.8, 4) is 5.75 Å². The van der Waals surface area contributed by atoms with E-state index < -0.39 is 0 Å². The molecular weight excluding hydrogens is 314 g/mol. The summed E-state index contributed by atoms with van der Waals surface area (Å²) in [5, 5.41) is 0.659. The van der Waals surface area contributed by atoms with Crippen molar-refractivity contribution >= 4 is 27.5 Å². The lowest BCUT2D eigenvalue weighted by molar-refractivity contribution is 0.408. The molecule has 1 unspecified atom stereocenters. The second-order valence-electron chi connectivity index (χ2n) is 3.89. The molecule has 0 aromatic heterocycles. The molecule has 4 heteroatoms. The summed E-state index contributed by atoms with van der Waals surface area (Å²) < 4.78 is 6.30. The maximum Gasteiger partial charge on any atom is 0.124 e. The van der Waals surface area contributed by atoms with Gasteiger partial charge in [0.25, 0.3) is 0 Å². The van der Waals surface area contributed by atoms with Gasteiger partial charge in [0.1, 0.15) is 5.75 Å². The molecule has 0 heterocycles. The molecule has 0 aliphatic rings. The van der Waals surface area contributed by atoms with Crippen LogP contribution in [0.4, 0.5) is 0 Å². The van der Waals surface area contributed by atoms with E-state index in [0.717, 1.165) is 21.3 Å². The van der Waals surface area contributed by atoms with Crippen molar-refractivity contribution in [3.63, 3.8) is 0 Å². The van der Waals surface area contributed by atoms with E-state index in [1.54, 1.807) is 7.11 Å². The average molecular weight is 327 g/mol. The Labute approximate surface area is 120 Å². The molecular formula is C14H13BrClNO. The first-order chi connectivity index (χ1) is 8.63. The zero-order valence-corrected chi connectivity index (χ0v) is 12.2. The van der Waals surface area contributed by atoms with Crippen LogP contribution in [0.15, 0.2) is 46.9 Å². The summed E-state index contributed by atoms with van der Waals surface area (Å²) >= 11 is 9.61. The minimum atomic E-state index is -0.314. The lowest BCUT2D eigenvalue weighted by Crippen LogP contribution is -2.13. The van der Waals surface area contributed by atoms with Crippen molar-refractivity contribution in [1.29, 1.82) is 0 Å². The largest absolute Gasteiger partial charge is 0.496 e. The Morgan fingerprint density at radius 1 is 1.17 bits per heavy atom. The minimum Gasteiger partial charge on any atom is -0.496 e. The van der Waals surface area contributed by atoms with Crippen LogP contribution in [-0.2, 0) is 0 Å². The van der Waals surface area contributed by atoms with Gasteiger partial charge < -0.3 is 10.5 Å². The van der Waals surface area contributed by atoms with E-state index in [9.17, 15) is 0 Å². The van der Waals surface area contributed by atoms with Gasteiger partial charge in [-0.15, -0.1) is 0 Å². The van der Waals surface area contributed by atoms with Gasteiger partial charge in [-0.1, -0.05) is 45.7 Å². The zero-order valence-electron chi connectivity index (χ0n) is 9.86. The summed E-state index contributed by atoms with van der Waals surface area (Å²) in [6.45, 7) is 0. The van der Waals surface area contributed by atoms with Gasteiger partial charge in [0.2, 0.25) is 0 Å². The Kier molecular flexibility index (Phi) is 4.27. The number of benzene rings is 2. The van der Waals surface area contributed by atoms with Crippen molar-refractivity contribution in [2.75, 3.05) is 7.11 Å². The standard InChI is InChI=1S/C14H13BrClNO/c1-18-13-7-6-9(15)8-11(13)14(17)10-4-2-3-5-12(10)16/h2-8,14H,17H2,1H3. The first-order valence-electron chi connectivity index (χ1n) is 5.47. The first kappa shape index (κ1) is 13.4. The Hall–Kier alpha value is -1.03. The maximum atomic E-state index is 6.28. The fourth-order valence-electron chi connectivity index (χ4n) is 1.84. The predicted octanol–water partition coefficient (Wildman–Crippen LogP) is 4.16. The SMILES string of the molecule is COc1ccc(Br)cc1C(N)c1ccccc1Cl. The topological polar surface area (TPSA) is 35.2 Å². The van der Waals surface area contributed by atoms with Crippen LogP contribution >= 0.6 is 27.5 Å². The molecule has 0 saturated carbocycles. The summed E-state index contributed by atoms with van der Waals surface area (Å²) in [5.41, 5.74) is 8.06. The van der Waals surface area contributed by atoms with E-state index in [1.165, 1.54) is 0 Å². The van der Waals surface area contributed by atoms with Crippen molar-refractivity contribution < 1.29 is 4.74 Å². The van der Waals surface area contributed by atoms with Crippen LogP contribution in [-0.4, -0.2) is 7.11 Å². The van der Waals surface area contributed by atoms with Gasteiger partial charge in [0.15, 0.2) is 0 Å². The Morgan fingerprint density at radius 3 is 2.56 bits per heavy atom. The van der Waals surface area contributed by atoms with Crippen LogP contribution in [0.1, 0.15) is 17.2 Å². The molecule has 2 nitrogen and oxygen atoms in total. The van der Waals surface area contributed by atoms with Gasteiger partial charge >= 0.3 is 0 Å².